The normalized spacial score (nSPS) is 21.8. The fourth-order valence-corrected chi connectivity index (χ4v) is 3.01. The largest absolute Gasteiger partial charge is 0.497 e. The number of ether oxygens (including phenoxy) is 2. The molecule has 4 heteroatoms. The molecule has 3 nitrogen and oxygen atoms in total. The lowest BCUT2D eigenvalue weighted by molar-refractivity contribution is -0.0246. The molecular formula is C15H19BrO3. The van der Waals surface area contributed by atoms with Crippen molar-refractivity contribution in [3.05, 3.63) is 28.2 Å². The average molecular weight is 327 g/mol. The highest BCUT2D eigenvalue weighted by atomic mass is 79.9. The molecule has 0 atom stereocenters. The highest BCUT2D eigenvalue weighted by molar-refractivity contribution is 9.10. The summed E-state index contributed by atoms with van der Waals surface area (Å²) in [5.41, 5.74) is 0.737. The van der Waals surface area contributed by atoms with Crippen molar-refractivity contribution < 1.29 is 14.3 Å². The minimum absolute atomic E-state index is 0.189. The van der Waals surface area contributed by atoms with Gasteiger partial charge in [-0.1, -0.05) is 0 Å². The van der Waals surface area contributed by atoms with E-state index in [-0.39, 0.29) is 5.78 Å². The Morgan fingerprint density at radius 1 is 1.42 bits per heavy atom. The summed E-state index contributed by atoms with van der Waals surface area (Å²) in [6.07, 6.45) is 2.98. The van der Waals surface area contributed by atoms with Crippen LogP contribution < -0.4 is 4.74 Å². The Hall–Kier alpha value is -0.870. The molecule has 1 fully saturated rings. The van der Waals surface area contributed by atoms with Crippen molar-refractivity contribution in [3.63, 3.8) is 0 Å². The van der Waals surface area contributed by atoms with Gasteiger partial charge in [-0.2, -0.15) is 0 Å². The van der Waals surface area contributed by atoms with Crippen LogP contribution in [0.1, 0.15) is 36.5 Å². The molecule has 1 saturated carbocycles. The van der Waals surface area contributed by atoms with Crippen LogP contribution in [0.15, 0.2) is 22.7 Å². The summed E-state index contributed by atoms with van der Waals surface area (Å²) >= 11 is 3.43. The minimum atomic E-state index is 0.189. The first-order valence-corrected chi connectivity index (χ1v) is 7.41. The lowest BCUT2D eigenvalue weighted by Crippen LogP contribution is -2.32. The molecule has 2 rings (SSSR count). The van der Waals surface area contributed by atoms with Gasteiger partial charge >= 0.3 is 0 Å². The van der Waals surface area contributed by atoms with Gasteiger partial charge in [0.25, 0.3) is 0 Å². The molecule has 1 aliphatic rings. The van der Waals surface area contributed by atoms with Gasteiger partial charge in [0.2, 0.25) is 0 Å². The molecule has 1 aliphatic carbocycles. The molecule has 0 heterocycles. The van der Waals surface area contributed by atoms with E-state index in [9.17, 15) is 4.79 Å². The van der Waals surface area contributed by atoms with E-state index in [1.54, 1.807) is 7.11 Å². The molecule has 0 aromatic heterocycles. The van der Waals surface area contributed by atoms with E-state index in [0.29, 0.717) is 18.4 Å². The Labute approximate surface area is 122 Å². The van der Waals surface area contributed by atoms with Gasteiger partial charge in [0.1, 0.15) is 5.75 Å². The zero-order chi connectivity index (χ0) is 13.8. The van der Waals surface area contributed by atoms with Crippen molar-refractivity contribution in [2.75, 3.05) is 13.7 Å². The number of rotatable bonds is 6. The zero-order valence-electron chi connectivity index (χ0n) is 11.3. The number of carbonyl (C=O) groups excluding carboxylic acids is 1. The van der Waals surface area contributed by atoms with E-state index in [1.165, 1.54) is 0 Å². The molecule has 0 unspecified atom stereocenters. The van der Waals surface area contributed by atoms with E-state index in [1.807, 2.05) is 25.1 Å². The molecule has 0 saturated heterocycles. The number of Topliss-reactive ketones (excluding diaryl/α,β-unsaturated/α-hetero) is 1. The average Bonchev–Trinajstić information content (AvgIpc) is 2.35. The molecule has 0 N–H and O–H groups in total. The van der Waals surface area contributed by atoms with E-state index in [2.05, 4.69) is 15.9 Å². The number of halogens is 1. The third-order valence-electron chi connectivity index (χ3n) is 3.55. The van der Waals surface area contributed by atoms with Crippen LogP contribution in [-0.4, -0.2) is 25.6 Å². The molecule has 0 spiro atoms. The van der Waals surface area contributed by atoms with Crippen molar-refractivity contribution in [2.45, 2.75) is 32.3 Å². The predicted octanol–water partition coefficient (Wildman–Crippen LogP) is 3.85. The van der Waals surface area contributed by atoms with E-state index in [0.717, 1.165) is 35.2 Å². The Balaban J connectivity index is 1.90. The van der Waals surface area contributed by atoms with Crippen molar-refractivity contribution in [3.8, 4) is 5.75 Å². The van der Waals surface area contributed by atoms with E-state index < -0.39 is 0 Å². The molecule has 0 amide bonds. The predicted molar refractivity (Wildman–Crippen MR) is 77.8 cm³/mol. The van der Waals surface area contributed by atoms with Gasteiger partial charge in [0, 0.05) is 23.1 Å². The lowest BCUT2D eigenvalue weighted by atomic mass is 9.78. The van der Waals surface area contributed by atoms with Gasteiger partial charge in [0.05, 0.1) is 13.2 Å². The van der Waals surface area contributed by atoms with Gasteiger partial charge in [-0.3, -0.25) is 4.79 Å². The molecule has 1 aromatic carbocycles. The summed E-state index contributed by atoms with van der Waals surface area (Å²) in [4.78, 5) is 12.2. The van der Waals surface area contributed by atoms with Crippen molar-refractivity contribution in [1.82, 2.24) is 0 Å². The van der Waals surface area contributed by atoms with Crippen molar-refractivity contribution in [2.24, 2.45) is 5.92 Å². The van der Waals surface area contributed by atoms with Crippen molar-refractivity contribution in [1.29, 1.82) is 0 Å². The fourth-order valence-electron chi connectivity index (χ4n) is 2.43. The first-order chi connectivity index (χ1) is 9.13. The summed E-state index contributed by atoms with van der Waals surface area (Å²) < 4.78 is 11.4. The summed E-state index contributed by atoms with van der Waals surface area (Å²) in [6.45, 7) is 2.77. The highest BCUT2D eigenvalue weighted by Gasteiger charge is 2.31. The summed E-state index contributed by atoms with van der Waals surface area (Å²) in [6, 6.07) is 5.47. The van der Waals surface area contributed by atoms with Gasteiger partial charge in [-0.05, 0) is 59.8 Å². The monoisotopic (exact) mass is 326 g/mol. The van der Waals surface area contributed by atoms with Gasteiger partial charge in [0.15, 0.2) is 5.78 Å². The zero-order valence-corrected chi connectivity index (χ0v) is 12.9. The maximum atomic E-state index is 12.2. The molecule has 0 bridgehead atoms. The maximum Gasteiger partial charge on any atom is 0.164 e. The van der Waals surface area contributed by atoms with Gasteiger partial charge in [-0.25, -0.2) is 0 Å². The third kappa shape index (κ3) is 3.57. The number of hydrogen-bond donors (Lipinski definition) is 0. The first-order valence-electron chi connectivity index (χ1n) is 6.62. The Bertz CT molecular complexity index is 453. The van der Waals surface area contributed by atoms with Crippen LogP contribution in [0.4, 0.5) is 0 Å². The van der Waals surface area contributed by atoms with E-state index >= 15 is 0 Å². The second-order valence-corrected chi connectivity index (χ2v) is 5.74. The van der Waals surface area contributed by atoms with Gasteiger partial charge in [-0.15, -0.1) is 0 Å². The van der Waals surface area contributed by atoms with Crippen LogP contribution in [0.2, 0.25) is 0 Å². The molecule has 104 valence electrons. The van der Waals surface area contributed by atoms with Crippen molar-refractivity contribution >= 4 is 21.7 Å². The Morgan fingerprint density at radius 3 is 2.74 bits per heavy atom. The number of ketones is 1. The minimum Gasteiger partial charge on any atom is -0.497 e. The number of hydrogen-bond acceptors (Lipinski definition) is 3. The first kappa shape index (κ1) is 14.5. The number of methoxy groups -OCH3 is 1. The fraction of sp³-hybridized carbons (Fsp3) is 0.533. The summed E-state index contributed by atoms with van der Waals surface area (Å²) in [5.74, 6) is 1.41. The smallest absolute Gasteiger partial charge is 0.164 e. The standard InChI is InChI=1S/C15H19BrO3/c1-3-19-12-6-10(7-12)8-15(17)13-5-4-11(18-2)9-14(13)16/h4-5,9-10,12H,3,6-8H2,1-2H3. The Morgan fingerprint density at radius 2 is 2.16 bits per heavy atom. The number of carbonyl (C=O) groups is 1. The molecule has 0 aliphatic heterocycles. The van der Waals surface area contributed by atoms with Gasteiger partial charge < -0.3 is 9.47 Å². The lowest BCUT2D eigenvalue weighted by Gasteiger charge is -2.34. The van der Waals surface area contributed by atoms with Crippen LogP contribution in [0.3, 0.4) is 0 Å². The Kier molecular flexibility index (Phi) is 4.99. The third-order valence-corrected chi connectivity index (χ3v) is 4.20. The van der Waals surface area contributed by atoms with Crippen LogP contribution >= 0.6 is 15.9 Å². The van der Waals surface area contributed by atoms with Crippen LogP contribution in [0.25, 0.3) is 0 Å². The van der Waals surface area contributed by atoms with Crippen LogP contribution in [0, 0.1) is 5.92 Å². The quantitative estimate of drug-likeness (QED) is 0.745. The topological polar surface area (TPSA) is 35.5 Å². The number of benzene rings is 1. The van der Waals surface area contributed by atoms with Crippen LogP contribution in [0.5, 0.6) is 5.75 Å². The second kappa shape index (κ2) is 6.53. The molecule has 1 aromatic rings. The molecule has 19 heavy (non-hydrogen) atoms. The molecule has 0 radical (unpaired) electrons. The summed E-state index contributed by atoms with van der Waals surface area (Å²) in [7, 11) is 1.62. The molecular weight excluding hydrogens is 308 g/mol. The second-order valence-electron chi connectivity index (χ2n) is 4.89. The summed E-state index contributed by atoms with van der Waals surface area (Å²) in [5, 5.41) is 0. The highest BCUT2D eigenvalue weighted by Crippen LogP contribution is 2.34. The van der Waals surface area contributed by atoms with Crippen LogP contribution in [-0.2, 0) is 4.74 Å². The maximum absolute atomic E-state index is 12.2. The van der Waals surface area contributed by atoms with E-state index in [4.69, 9.17) is 9.47 Å². The SMILES string of the molecule is CCOC1CC(CC(=O)c2ccc(OC)cc2Br)C1.